The first-order valence-electron chi connectivity index (χ1n) is 37.5. The molecule has 0 bridgehead atoms. The van der Waals surface area contributed by atoms with Gasteiger partial charge in [0.2, 0.25) is 5.69 Å². The summed E-state index contributed by atoms with van der Waals surface area (Å²) in [4.78, 5) is 28.1. The lowest BCUT2D eigenvalue weighted by Crippen LogP contribution is -2.39. The van der Waals surface area contributed by atoms with E-state index in [0.29, 0.717) is 28.5 Å². The van der Waals surface area contributed by atoms with Crippen molar-refractivity contribution in [2.24, 2.45) is 0 Å². The Morgan fingerprint density at radius 1 is 0.474 bits per heavy atom. The summed E-state index contributed by atoms with van der Waals surface area (Å²) in [6.45, 7) is 14.1. The lowest BCUT2D eigenvalue weighted by Gasteiger charge is -2.37. The fourth-order valence-corrected chi connectivity index (χ4v) is 15.6. The van der Waals surface area contributed by atoms with Crippen molar-refractivity contribution < 1.29 is 50.6 Å². The number of hydrogen-bond acceptors (Lipinski definition) is 9. The van der Waals surface area contributed by atoms with Gasteiger partial charge in [-0.15, -0.1) is 0 Å². The van der Waals surface area contributed by atoms with Crippen molar-refractivity contribution in [2.75, 3.05) is 86.6 Å². The van der Waals surface area contributed by atoms with E-state index in [1.54, 1.807) is 0 Å². The lowest BCUT2D eigenvalue weighted by atomic mass is 9.79. The molecule has 2 aliphatic rings. The van der Waals surface area contributed by atoms with Crippen LogP contribution in [0.4, 0.5) is 11.4 Å². The molecule has 95 heavy (non-hydrogen) atoms. The van der Waals surface area contributed by atoms with Crippen molar-refractivity contribution in [3.63, 3.8) is 0 Å². The minimum Gasteiger partial charge on any atom is -0.756 e. The summed E-state index contributed by atoms with van der Waals surface area (Å²) in [5.41, 5.74) is 6.51. The van der Waals surface area contributed by atoms with Gasteiger partial charge >= 0.3 is 0 Å². The standard InChI is InChI=1S/C81H129N4O8P2/c1-12-13-14-15-16-17-18-19-22-25-28-31-34-40-45-58-77(93-95(88,89)92-68-65-85(9,10)11)83-74-62-60-70-53-47-49-55-72(70)79(74)81(4,5)76(83)57-44-39-37-38-43-56-75-80(2,3)78-71-54-48-46-52-69(71)59-61-73(78)82(75)63-50-41-35-32-29-26-23-20-21-24-27-30-33-36-42-51-66-90-94(86,87)91-67-64-84(6,7)8/h37-39,43-44,46-49,52-57,59-62,77H,12-36,40-42,45,50-51,58,63-68H2,1-11H3/q+1. The molecule has 0 aliphatic carbocycles. The number of allylic oxidation sites excluding steroid dienone is 8. The van der Waals surface area contributed by atoms with E-state index in [1.807, 2.05) is 42.3 Å². The Morgan fingerprint density at radius 2 is 0.895 bits per heavy atom. The Bertz CT molecular complexity index is 3170. The summed E-state index contributed by atoms with van der Waals surface area (Å²) in [5.74, 6) is 0. The van der Waals surface area contributed by atoms with E-state index in [0.717, 1.165) is 73.6 Å². The van der Waals surface area contributed by atoms with Gasteiger partial charge in [0.15, 0.2) is 5.71 Å². The van der Waals surface area contributed by atoms with Crippen molar-refractivity contribution in [1.29, 1.82) is 0 Å². The number of likely N-dealkylation sites (N-methyl/N-ethyl adjacent to an activating group) is 2. The first-order chi connectivity index (χ1) is 45.5. The fourth-order valence-electron chi connectivity index (χ4n) is 14.0. The molecule has 4 aromatic carbocycles. The molecule has 2 aliphatic heterocycles. The van der Waals surface area contributed by atoms with E-state index in [2.05, 4.69) is 159 Å². The zero-order chi connectivity index (χ0) is 68.6. The maximum Gasteiger partial charge on any atom is 0.270 e. The van der Waals surface area contributed by atoms with Gasteiger partial charge in [0, 0.05) is 40.9 Å². The van der Waals surface area contributed by atoms with Crippen molar-refractivity contribution in [2.45, 2.75) is 257 Å². The third kappa shape index (κ3) is 27.6. The van der Waals surface area contributed by atoms with Gasteiger partial charge < -0.3 is 37.2 Å². The van der Waals surface area contributed by atoms with Crippen LogP contribution in [0.25, 0.3) is 21.5 Å². The molecule has 0 saturated carbocycles. The summed E-state index contributed by atoms with van der Waals surface area (Å²) in [6, 6.07) is 26.3. The number of unbranched alkanes of at least 4 members (excludes halogenated alkanes) is 29. The minimum absolute atomic E-state index is 0.0515. The third-order valence-electron chi connectivity index (χ3n) is 19.5. The second-order valence-electron chi connectivity index (χ2n) is 30.6. The van der Waals surface area contributed by atoms with Crippen LogP contribution in [-0.2, 0) is 38.1 Å². The molecule has 530 valence electrons. The molecule has 2 heterocycles. The summed E-state index contributed by atoms with van der Waals surface area (Å²) in [7, 11) is 3.17. The maximum atomic E-state index is 14.0. The second-order valence-corrected chi connectivity index (χ2v) is 33.4. The highest BCUT2D eigenvalue weighted by Gasteiger charge is 2.46. The van der Waals surface area contributed by atoms with E-state index in [4.69, 9.17) is 18.1 Å². The smallest absolute Gasteiger partial charge is 0.270 e. The zero-order valence-corrected chi connectivity index (χ0v) is 63.2. The van der Waals surface area contributed by atoms with Gasteiger partial charge in [-0.05, 0) is 84.8 Å². The average molecular weight is 1350 g/mol. The van der Waals surface area contributed by atoms with Crippen molar-refractivity contribution in [3.05, 3.63) is 132 Å². The van der Waals surface area contributed by atoms with E-state index >= 15 is 0 Å². The number of rotatable bonds is 51. The Labute approximate surface area is 577 Å². The van der Waals surface area contributed by atoms with Gasteiger partial charge in [0.1, 0.15) is 39.1 Å². The molecule has 0 fully saturated rings. The van der Waals surface area contributed by atoms with Crippen molar-refractivity contribution in [3.8, 4) is 0 Å². The van der Waals surface area contributed by atoms with E-state index in [1.165, 1.54) is 187 Å². The predicted octanol–water partition coefficient (Wildman–Crippen LogP) is 21.0. The van der Waals surface area contributed by atoms with E-state index in [-0.39, 0.29) is 25.2 Å². The Kier molecular flexibility index (Phi) is 34.4. The number of anilines is 1. The largest absolute Gasteiger partial charge is 0.756 e. The first kappa shape index (κ1) is 80.0. The minimum atomic E-state index is -4.72. The van der Waals surface area contributed by atoms with Crippen LogP contribution in [0.2, 0.25) is 0 Å². The second kappa shape index (κ2) is 40.9. The molecule has 4 aromatic rings. The highest BCUT2D eigenvalue weighted by Crippen LogP contribution is 2.54. The van der Waals surface area contributed by atoms with Crippen LogP contribution in [0.15, 0.2) is 121 Å². The van der Waals surface area contributed by atoms with Crippen molar-refractivity contribution in [1.82, 2.24) is 0 Å². The maximum absolute atomic E-state index is 14.0. The molecular formula is C81H129N4O8P2+. The van der Waals surface area contributed by atoms with Crippen LogP contribution in [0, 0.1) is 0 Å². The highest BCUT2D eigenvalue weighted by molar-refractivity contribution is 7.46. The molecule has 3 atom stereocenters. The third-order valence-corrected chi connectivity index (χ3v) is 21.5. The zero-order valence-electron chi connectivity index (χ0n) is 61.4. The van der Waals surface area contributed by atoms with E-state index < -0.39 is 27.3 Å². The van der Waals surface area contributed by atoms with E-state index in [9.17, 15) is 18.9 Å². The van der Waals surface area contributed by atoms with Crippen LogP contribution >= 0.6 is 15.6 Å². The highest BCUT2D eigenvalue weighted by atomic mass is 31.2. The van der Waals surface area contributed by atoms with Gasteiger partial charge in [0.25, 0.3) is 15.6 Å². The normalized spacial score (nSPS) is 17.0. The fraction of sp³-hybridized carbons (Fsp3) is 0.642. The monoisotopic (exact) mass is 1350 g/mol. The SMILES string of the molecule is CCCCCCCCCCCCCCCCCC(OP(=O)([O-])OCC[N+](C)(C)C)N1/C(=C/C=C/C=C/C=C/C2=[N+](CCCCCCCCCCCCCCCCCCOP(=O)([O-])OCC[N+](C)(C)C)c3ccc4ccccc4c3C2(C)C)C(C)(C)c2c1ccc1ccccc21. The molecule has 3 unspecified atom stereocenters. The quantitative estimate of drug-likeness (QED) is 0.0140. The van der Waals surface area contributed by atoms with Gasteiger partial charge in [-0.2, -0.15) is 4.58 Å². The number of benzene rings is 4. The van der Waals surface area contributed by atoms with Crippen LogP contribution < -0.4 is 14.7 Å². The van der Waals surface area contributed by atoms with Gasteiger partial charge in [0.05, 0.1) is 54.3 Å². The van der Waals surface area contributed by atoms with Crippen LogP contribution in [0.1, 0.15) is 251 Å². The first-order valence-corrected chi connectivity index (χ1v) is 40.4. The number of phosphoric acid groups is 2. The summed E-state index contributed by atoms with van der Waals surface area (Å²) in [5, 5.41) is 4.91. The molecule has 0 amide bonds. The Morgan fingerprint density at radius 3 is 1.41 bits per heavy atom. The van der Waals surface area contributed by atoms with Crippen LogP contribution in [0.5, 0.6) is 0 Å². The number of phosphoric ester groups is 2. The Balaban J connectivity index is 1.04. The van der Waals surface area contributed by atoms with Crippen molar-refractivity contribution >= 4 is 54.3 Å². The summed E-state index contributed by atoms with van der Waals surface area (Å²) >= 11 is 0. The lowest BCUT2D eigenvalue weighted by molar-refractivity contribution is -0.870. The van der Waals surface area contributed by atoms with Crippen LogP contribution in [-0.4, -0.2) is 107 Å². The number of nitrogens with zero attached hydrogens (tertiary/aromatic N) is 4. The summed E-state index contributed by atoms with van der Waals surface area (Å²) < 4.78 is 51.8. The molecule has 0 radical (unpaired) electrons. The molecule has 14 heteroatoms. The molecule has 0 aromatic heterocycles. The number of fused-ring (bicyclic) bond motifs is 6. The number of hydrogen-bond donors (Lipinski definition) is 0. The van der Waals surface area contributed by atoms with Gasteiger partial charge in [-0.3, -0.25) is 13.7 Å². The van der Waals surface area contributed by atoms with Gasteiger partial charge in [-0.1, -0.05) is 279 Å². The molecule has 0 spiro atoms. The molecule has 0 N–H and O–H groups in total. The molecular weight excluding hydrogens is 1220 g/mol. The molecule has 6 rings (SSSR count). The molecule has 12 nitrogen and oxygen atoms in total. The predicted molar refractivity (Wildman–Crippen MR) is 399 cm³/mol. The Hall–Kier alpha value is -4.03. The van der Waals surface area contributed by atoms with Gasteiger partial charge in [-0.25, -0.2) is 0 Å². The summed E-state index contributed by atoms with van der Waals surface area (Å²) in [6.07, 6.45) is 53.2. The molecule has 0 saturated heterocycles. The average Bonchev–Trinajstić information content (AvgIpc) is 1.58. The topological polar surface area (TPSA) is 123 Å². The van der Waals surface area contributed by atoms with Crippen LogP contribution in [0.3, 0.4) is 0 Å². The number of quaternary nitrogens is 2.